The van der Waals surface area contributed by atoms with Gasteiger partial charge in [0.2, 0.25) is 5.91 Å². The highest BCUT2D eigenvalue weighted by Crippen LogP contribution is 2.56. The summed E-state index contributed by atoms with van der Waals surface area (Å²) in [6.45, 7) is 0. The lowest BCUT2D eigenvalue weighted by atomic mass is 9.64. The van der Waals surface area contributed by atoms with Crippen molar-refractivity contribution in [3.05, 3.63) is 80.7 Å². The molecule has 2 N–H and O–H groups in total. The van der Waals surface area contributed by atoms with Gasteiger partial charge in [0.1, 0.15) is 17.3 Å². The molecule has 1 spiro atoms. The largest absolute Gasteiger partial charge is 0.384 e. The van der Waals surface area contributed by atoms with Gasteiger partial charge in [0.05, 0.1) is 21.3 Å². The summed E-state index contributed by atoms with van der Waals surface area (Å²) >= 11 is 12.8. The van der Waals surface area contributed by atoms with Gasteiger partial charge in [-0.25, -0.2) is 0 Å². The molecule has 1 amide bonds. The molecule has 2 aromatic rings. The van der Waals surface area contributed by atoms with Crippen molar-refractivity contribution in [1.29, 1.82) is 5.26 Å². The van der Waals surface area contributed by atoms with Crippen molar-refractivity contribution < 1.29 is 9.59 Å². The average molecular weight is 465 g/mol. The molecule has 1 atom stereocenters. The average Bonchev–Trinajstić information content (AvgIpc) is 3.00. The lowest BCUT2D eigenvalue weighted by Crippen LogP contribution is -2.52. The topological polar surface area (TPSA) is 90.4 Å². The Kier molecular flexibility index (Phi) is 4.59. The zero-order chi connectivity index (χ0) is 22.8. The monoisotopic (exact) mass is 464 g/mol. The van der Waals surface area contributed by atoms with E-state index in [0.29, 0.717) is 46.1 Å². The van der Waals surface area contributed by atoms with Gasteiger partial charge in [0, 0.05) is 36.0 Å². The van der Waals surface area contributed by atoms with Crippen molar-refractivity contribution in [2.45, 2.75) is 24.7 Å². The quantitative estimate of drug-likeness (QED) is 0.673. The molecular weight excluding hydrogens is 447 g/mol. The molecule has 160 valence electrons. The number of nitrogens with zero attached hydrogens (tertiary/aromatic N) is 3. The standard InChI is InChI=1S/C24H18Cl2N4O2/c1-29-16-8-3-2-6-13(16)24(23(29)32)14(12-27)22(28)30(17-9-5-11-19(31)20(17)24)18-10-4-7-15(25)21(18)26/h2-4,6-8,10H,5,9,11,28H2,1H3/t24-/m1/s1. The summed E-state index contributed by atoms with van der Waals surface area (Å²) in [5.74, 6) is -0.463. The molecule has 2 heterocycles. The summed E-state index contributed by atoms with van der Waals surface area (Å²) in [7, 11) is 1.65. The molecule has 0 saturated carbocycles. The molecule has 1 aliphatic carbocycles. The minimum absolute atomic E-state index is 0.0179. The number of para-hydroxylation sites is 1. The fraction of sp³-hybridized carbons (Fsp3) is 0.208. The second-order valence-electron chi connectivity index (χ2n) is 8.01. The van der Waals surface area contributed by atoms with E-state index in [-0.39, 0.29) is 34.5 Å². The SMILES string of the molecule is CN1C(=O)[C@@]2(C(C#N)=C(N)N(c3cccc(Cl)c3Cl)C3=C2C(=O)CCC3)c2ccccc21. The molecule has 0 unspecified atom stereocenters. The van der Waals surface area contributed by atoms with Crippen LogP contribution in [0.4, 0.5) is 11.4 Å². The first-order valence-corrected chi connectivity index (χ1v) is 10.9. The molecule has 2 aromatic carbocycles. The third-order valence-electron chi connectivity index (χ3n) is 6.48. The zero-order valence-corrected chi connectivity index (χ0v) is 18.7. The van der Waals surface area contributed by atoms with Crippen LogP contribution in [0.5, 0.6) is 0 Å². The molecular formula is C24H18Cl2N4O2. The van der Waals surface area contributed by atoms with Crippen LogP contribution in [0.3, 0.4) is 0 Å². The van der Waals surface area contributed by atoms with Gasteiger partial charge >= 0.3 is 0 Å². The second kappa shape index (κ2) is 7.13. The van der Waals surface area contributed by atoms with E-state index in [1.807, 2.05) is 6.07 Å². The number of halogens is 2. The molecule has 3 aliphatic rings. The molecule has 2 aliphatic heterocycles. The molecule has 0 bridgehead atoms. The van der Waals surface area contributed by atoms with Gasteiger partial charge in [-0.05, 0) is 31.0 Å². The molecule has 0 saturated heterocycles. The Bertz CT molecular complexity index is 1320. The predicted octanol–water partition coefficient (Wildman–Crippen LogP) is 4.43. The van der Waals surface area contributed by atoms with Crippen LogP contribution < -0.4 is 15.5 Å². The summed E-state index contributed by atoms with van der Waals surface area (Å²) in [5, 5.41) is 10.9. The number of carbonyl (C=O) groups excluding carboxylic acids is 2. The van der Waals surface area contributed by atoms with Crippen LogP contribution in [0.2, 0.25) is 10.0 Å². The van der Waals surface area contributed by atoms with Gasteiger partial charge in [-0.3, -0.25) is 14.5 Å². The third kappa shape index (κ3) is 2.41. The predicted molar refractivity (Wildman–Crippen MR) is 123 cm³/mol. The minimum Gasteiger partial charge on any atom is -0.384 e. The van der Waals surface area contributed by atoms with E-state index in [2.05, 4.69) is 6.07 Å². The van der Waals surface area contributed by atoms with Gasteiger partial charge in [-0.2, -0.15) is 5.26 Å². The Morgan fingerprint density at radius 1 is 1.06 bits per heavy atom. The highest BCUT2D eigenvalue weighted by atomic mass is 35.5. The number of Topliss-reactive ketones (excluding diaryl/α,β-unsaturated/α-hetero) is 1. The number of nitriles is 1. The van der Waals surface area contributed by atoms with Crippen LogP contribution in [0.15, 0.2) is 65.1 Å². The maximum atomic E-state index is 13.9. The Balaban J connectivity index is 1.92. The van der Waals surface area contributed by atoms with Gasteiger partial charge < -0.3 is 10.6 Å². The number of carbonyl (C=O) groups is 2. The van der Waals surface area contributed by atoms with Gasteiger partial charge in [-0.15, -0.1) is 0 Å². The van der Waals surface area contributed by atoms with E-state index in [1.165, 1.54) is 4.90 Å². The van der Waals surface area contributed by atoms with E-state index in [1.54, 1.807) is 48.3 Å². The summed E-state index contributed by atoms with van der Waals surface area (Å²) in [6.07, 6.45) is 1.39. The number of ketones is 1. The maximum Gasteiger partial charge on any atom is 0.247 e. The summed E-state index contributed by atoms with van der Waals surface area (Å²) in [4.78, 5) is 30.4. The summed E-state index contributed by atoms with van der Waals surface area (Å²) in [6, 6.07) is 14.5. The number of hydrogen-bond acceptors (Lipinski definition) is 5. The molecule has 0 radical (unpaired) electrons. The fourth-order valence-electron chi connectivity index (χ4n) is 5.17. The van der Waals surface area contributed by atoms with E-state index in [9.17, 15) is 14.9 Å². The molecule has 0 fully saturated rings. The first kappa shape index (κ1) is 20.6. The number of amides is 1. The van der Waals surface area contributed by atoms with E-state index in [0.717, 1.165) is 0 Å². The lowest BCUT2D eigenvalue weighted by Gasteiger charge is -2.44. The van der Waals surface area contributed by atoms with Crippen molar-refractivity contribution in [1.82, 2.24) is 0 Å². The minimum atomic E-state index is -1.57. The summed E-state index contributed by atoms with van der Waals surface area (Å²) in [5.41, 5.74) is 7.66. The summed E-state index contributed by atoms with van der Waals surface area (Å²) < 4.78 is 0. The van der Waals surface area contributed by atoms with Gasteiger partial charge in [0.25, 0.3) is 0 Å². The van der Waals surface area contributed by atoms with Crippen molar-refractivity contribution in [2.24, 2.45) is 5.73 Å². The number of likely N-dealkylation sites (N-methyl/N-ethyl adjacent to an activating group) is 1. The Hall–Kier alpha value is -3.27. The number of hydrogen-bond donors (Lipinski definition) is 1. The van der Waals surface area contributed by atoms with Crippen molar-refractivity contribution in [3.63, 3.8) is 0 Å². The smallest absolute Gasteiger partial charge is 0.247 e. The molecule has 5 rings (SSSR count). The number of allylic oxidation sites excluding steroid dienone is 1. The van der Waals surface area contributed by atoms with E-state index >= 15 is 0 Å². The number of rotatable bonds is 1. The molecule has 0 aromatic heterocycles. The highest BCUT2D eigenvalue weighted by molar-refractivity contribution is 6.43. The second-order valence-corrected chi connectivity index (χ2v) is 8.80. The van der Waals surface area contributed by atoms with Crippen LogP contribution in [0.1, 0.15) is 24.8 Å². The number of anilines is 2. The van der Waals surface area contributed by atoms with Crippen LogP contribution >= 0.6 is 23.2 Å². The first-order chi connectivity index (χ1) is 15.4. The number of benzene rings is 2. The van der Waals surface area contributed by atoms with Gasteiger partial charge in [-0.1, -0.05) is 47.5 Å². The van der Waals surface area contributed by atoms with Crippen LogP contribution in [-0.2, 0) is 15.0 Å². The van der Waals surface area contributed by atoms with Crippen LogP contribution in [0, 0.1) is 11.3 Å². The van der Waals surface area contributed by atoms with E-state index < -0.39 is 5.41 Å². The molecule has 6 nitrogen and oxygen atoms in total. The number of fused-ring (bicyclic) bond motifs is 3. The van der Waals surface area contributed by atoms with Gasteiger partial charge in [0.15, 0.2) is 5.78 Å². The Morgan fingerprint density at radius 2 is 1.78 bits per heavy atom. The maximum absolute atomic E-state index is 13.9. The normalized spacial score (nSPS) is 22.4. The van der Waals surface area contributed by atoms with E-state index in [4.69, 9.17) is 28.9 Å². The molecule has 8 heteroatoms. The highest BCUT2D eigenvalue weighted by Gasteiger charge is 2.61. The van der Waals surface area contributed by atoms with Crippen molar-refractivity contribution >= 4 is 46.3 Å². The third-order valence-corrected chi connectivity index (χ3v) is 7.29. The molecule has 32 heavy (non-hydrogen) atoms. The van der Waals surface area contributed by atoms with Crippen LogP contribution in [-0.4, -0.2) is 18.7 Å². The van der Waals surface area contributed by atoms with Crippen molar-refractivity contribution in [2.75, 3.05) is 16.8 Å². The van der Waals surface area contributed by atoms with Crippen molar-refractivity contribution in [3.8, 4) is 6.07 Å². The first-order valence-electron chi connectivity index (χ1n) is 10.1. The van der Waals surface area contributed by atoms with Crippen LogP contribution in [0.25, 0.3) is 0 Å². The number of nitrogens with two attached hydrogens (primary N) is 1. The fourth-order valence-corrected chi connectivity index (χ4v) is 5.55. The lowest BCUT2D eigenvalue weighted by molar-refractivity contribution is -0.124. The zero-order valence-electron chi connectivity index (χ0n) is 17.2. The Labute approximate surface area is 195 Å². The Morgan fingerprint density at radius 3 is 2.53 bits per heavy atom.